The Balaban J connectivity index is 0. The van der Waals surface area contributed by atoms with Crippen LogP contribution >= 0.6 is 0 Å². The summed E-state index contributed by atoms with van der Waals surface area (Å²) in [4.78, 5) is 2.00. The summed E-state index contributed by atoms with van der Waals surface area (Å²) in [7, 11) is 6.00. The lowest BCUT2D eigenvalue weighted by Gasteiger charge is -1.90. The van der Waals surface area contributed by atoms with Crippen molar-refractivity contribution in [1.82, 2.24) is 4.90 Å². The van der Waals surface area contributed by atoms with Gasteiger partial charge in [0.2, 0.25) is 0 Å². The van der Waals surface area contributed by atoms with Gasteiger partial charge in [-0.1, -0.05) is 26.7 Å². The monoisotopic (exact) mass is 117 g/mol. The van der Waals surface area contributed by atoms with Gasteiger partial charge in [-0.2, -0.15) is 0 Å². The number of unbranched alkanes of at least 4 members (excludes halogenated alkanes) is 1. The van der Waals surface area contributed by atoms with Crippen molar-refractivity contribution in [2.45, 2.75) is 26.7 Å². The quantitative estimate of drug-likeness (QED) is 0.507. The standard InChI is InChI=1S/C4H10.C3H9N/c1-3-4-2;1-4(2)3/h3-4H2,1-2H3;1-3H3. The third-order valence-electron chi connectivity index (χ3n) is 0.500. The van der Waals surface area contributed by atoms with Crippen molar-refractivity contribution >= 4 is 0 Å². The molecule has 0 aromatic rings. The van der Waals surface area contributed by atoms with Crippen molar-refractivity contribution in [3.8, 4) is 0 Å². The second-order valence-electron chi connectivity index (χ2n) is 2.34. The first-order valence-electron chi connectivity index (χ1n) is 3.26. The Morgan fingerprint density at radius 1 is 0.875 bits per heavy atom. The molecule has 0 rings (SSSR count). The normalized spacial score (nSPS) is 8.25. The van der Waals surface area contributed by atoms with E-state index in [1.54, 1.807) is 0 Å². The summed E-state index contributed by atoms with van der Waals surface area (Å²) in [5.41, 5.74) is 0. The molecule has 0 amide bonds. The highest BCUT2D eigenvalue weighted by Crippen LogP contribution is 1.76. The van der Waals surface area contributed by atoms with Crippen LogP contribution < -0.4 is 0 Å². The Morgan fingerprint density at radius 3 is 1.00 bits per heavy atom. The van der Waals surface area contributed by atoms with Crippen molar-refractivity contribution < 1.29 is 0 Å². The van der Waals surface area contributed by atoms with Gasteiger partial charge in [0.1, 0.15) is 0 Å². The summed E-state index contributed by atoms with van der Waals surface area (Å²) in [6.45, 7) is 4.36. The molecule has 0 radical (unpaired) electrons. The lowest BCUT2D eigenvalue weighted by molar-refractivity contribution is 0.505. The van der Waals surface area contributed by atoms with Crippen LogP contribution in [0.25, 0.3) is 0 Å². The molecule has 0 aliphatic heterocycles. The van der Waals surface area contributed by atoms with Gasteiger partial charge in [-0.3, -0.25) is 0 Å². The first-order chi connectivity index (χ1) is 3.65. The van der Waals surface area contributed by atoms with Gasteiger partial charge in [0.05, 0.1) is 0 Å². The Bertz CT molecular complexity index is 20.8. The number of hydrogen-bond donors (Lipinski definition) is 0. The fraction of sp³-hybridized carbons (Fsp3) is 1.00. The van der Waals surface area contributed by atoms with Crippen LogP contribution in [-0.2, 0) is 0 Å². The molecule has 0 saturated carbocycles. The lowest BCUT2D eigenvalue weighted by Crippen LogP contribution is -1.99. The minimum absolute atomic E-state index is 1.32. The van der Waals surface area contributed by atoms with Crippen LogP contribution in [0.2, 0.25) is 0 Å². The smallest absolute Gasteiger partial charge is 0.0140 e. The highest BCUT2D eigenvalue weighted by Gasteiger charge is 1.58. The van der Waals surface area contributed by atoms with Crippen LogP contribution in [0.4, 0.5) is 0 Å². The number of hydrogen-bond acceptors (Lipinski definition) is 1. The summed E-state index contributed by atoms with van der Waals surface area (Å²) in [5.74, 6) is 0. The predicted molar refractivity (Wildman–Crippen MR) is 40.2 cm³/mol. The van der Waals surface area contributed by atoms with E-state index in [9.17, 15) is 0 Å². The van der Waals surface area contributed by atoms with Gasteiger partial charge in [-0.05, 0) is 21.1 Å². The topological polar surface area (TPSA) is 3.24 Å². The van der Waals surface area contributed by atoms with Crippen molar-refractivity contribution in [1.29, 1.82) is 0 Å². The van der Waals surface area contributed by atoms with Gasteiger partial charge in [0, 0.05) is 0 Å². The average Bonchev–Trinajstić information content (AvgIpc) is 1.65. The zero-order valence-electron chi connectivity index (χ0n) is 6.86. The minimum atomic E-state index is 1.32. The van der Waals surface area contributed by atoms with Crippen LogP contribution in [0.5, 0.6) is 0 Å². The Hall–Kier alpha value is -0.0400. The van der Waals surface area contributed by atoms with Gasteiger partial charge in [-0.25, -0.2) is 0 Å². The van der Waals surface area contributed by atoms with E-state index in [0.717, 1.165) is 0 Å². The van der Waals surface area contributed by atoms with E-state index in [0.29, 0.717) is 0 Å². The first kappa shape index (κ1) is 10.9. The maximum Gasteiger partial charge on any atom is -0.0140 e. The Morgan fingerprint density at radius 2 is 1.00 bits per heavy atom. The van der Waals surface area contributed by atoms with E-state index in [2.05, 4.69) is 13.8 Å². The highest BCUT2D eigenvalue weighted by molar-refractivity contribution is 4.12. The van der Waals surface area contributed by atoms with E-state index in [4.69, 9.17) is 0 Å². The fourth-order valence-electron chi connectivity index (χ4n) is 0. The molecule has 0 fully saturated rings. The molecular formula is C7H19N. The van der Waals surface area contributed by atoms with Crippen molar-refractivity contribution in [2.24, 2.45) is 0 Å². The van der Waals surface area contributed by atoms with Crippen LogP contribution in [-0.4, -0.2) is 26.0 Å². The average molecular weight is 117 g/mol. The van der Waals surface area contributed by atoms with Crippen molar-refractivity contribution in [2.75, 3.05) is 21.1 Å². The van der Waals surface area contributed by atoms with E-state index in [1.807, 2.05) is 26.0 Å². The van der Waals surface area contributed by atoms with Gasteiger partial charge in [0.15, 0.2) is 0 Å². The van der Waals surface area contributed by atoms with Crippen LogP contribution in [0.15, 0.2) is 0 Å². The maximum absolute atomic E-state index is 2.18. The van der Waals surface area contributed by atoms with Gasteiger partial charge < -0.3 is 4.90 Å². The molecule has 0 spiro atoms. The summed E-state index contributed by atoms with van der Waals surface area (Å²) in [5, 5.41) is 0. The molecule has 52 valence electrons. The number of rotatable bonds is 1. The van der Waals surface area contributed by atoms with Crippen LogP contribution in [0.3, 0.4) is 0 Å². The molecule has 0 bridgehead atoms. The van der Waals surface area contributed by atoms with Crippen molar-refractivity contribution in [3.63, 3.8) is 0 Å². The summed E-state index contributed by atoms with van der Waals surface area (Å²) < 4.78 is 0. The van der Waals surface area contributed by atoms with E-state index in [1.165, 1.54) is 12.8 Å². The zero-order chi connectivity index (χ0) is 6.99. The zero-order valence-corrected chi connectivity index (χ0v) is 6.86. The van der Waals surface area contributed by atoms with Gasteiger partial charge in [0.25, 0.3) is 0 Å². The molecule has 1 heteroatoms. The molecule has 0 aromatic carbocycles. The molecule has 0 aliphatic rings. The Kier molecular flexibility index (Phi) is 13.6. The van der Waals surface area contributed by atoms with E-state index in [-0.39, 0.29) is 0 Å². The van der Waals surface area contributed by atoms with Gasteiger partial charge in [-0.15, -0.1) is 0 Å². The molecule has 0 heterocycles. The maximum atomic E-state index is 2.18. The van der Waals surface area contributed by atoms with Gasteiger partial charge >= 0.3 is 0 Å². The lowest BCUT2D eigenvalue weighted by atomic mass is 10.4. The second kappa shape index (κ2) is 10.0. The second-order valence-corrected chi connectivity index (χ2v) is 2.34. The summed E-state index contributed by atoms with van der Waals surface area (Å²) in [6.07, 6.45) is 2.64. The molecule has 0 aliphatic carbocycles. The van der Waals surface area contributed by atoms with Crippen LogP contribution in [0.1, 0.15) is 26.7 Å². The molecule has 0 unspecified atom stereocenters. The summed E-state index contributed by atoms with van der Waals surface area (Å²) in [6, 6.07) is 0. The minimum Gasteiger partial charge on any atom is -0.312 e. The molecular weight excluding hydrogens is 98.1 g/mol. The first-order valence-corrected chi connectivity index (χ1v) is 3.26. The Labute approximate surface area is 53.7 Å². The fourth-order valence-corrected chi connectivity index (χ4v) is 0. The molecule has 1 nitrogen and oxygen atoms in total. The van der Waals surface area contributed by atoms with E-state index < -0.39 is 0 Å². The SMILES string of the molecule is CCCC.CN(C)C. The molecule has 0 atom stereocenters. The number of nitrogens with zero attached hydrogens (tertiary/aromatic N) is 1. The summed E-state index contributed by atoms with van der Waals surface area (Å²) >= 11 is 0. The molecule has 0 saturated heterocycles. The molecule has 0 N–H and O–H groups in total. The third-order valence-corrected chi connectivity index (χ3v) is 0.500. The molecule has 8 heavy (non-hydrogen) atoms. The molecule has 0 aromatic heterocycles. The third kappa shape index (κ3) is 159. The predicted octanol–water partition coefficient (Wildman–Crippen LogP) is 1.98. The van der Waals surface area contributed by atoms with Crippen molar-refractivity contribution in [3.05, 3.63) is 0 Å². The highest BCUT2D eigenvalue weighted by atomic mass is 15.0. The van der Waals surface area contributed by atoms with E-state index >= 15 is 0 Å². The van der Waals surface area contributed by atoms with Crippen LogP contribution in [0, 0.1) is 0 Å². The largest absolute Gasteiger partial charge is 0.312 e.